The Balaban J connectivity index is 1.62. The van der Waals surface area contributed by atoms with Crippen LogP contribution in [-0.2, 0) is 6.61 Å². The van der Waals surface area contributed by atoms with Crippen LogP contribution >= 0.6 is 11.6 Å². The number of rotatable bonds is 12. The van der Waals surface area contributed by atoms with E-state index in [9.17, 15) is 4.79 Å². The second-order valence-electron chi connectivity index (χ2n) is 7.47. The molecule has 1 N–H and O–H groups in total. The zero-order valence-electron chi connectivity index (χ0n) is 20.0. The number of nitrogens with one attached hydrogen (secondary N) is 1. The number of carbonyl (C=O) groups is 1. The summed E-state index contributed by atoms with van der Waals surface area (Å²) in [6, 6.07) is 17.9. The second-order valence-corrected chi connectivity index (χ2v) is 7.90. The second kappa shape index (κ2) is 13.2. The van der Waals surface area contributed by atoms with Crippen LogP contribution in [0, 0.1) is 0 Å². The molecule has 35 heavy (non-hydrogen) atoms. The third-order valence-electron chi connectivity index (χ3n) is 4.84. The van der Waals surface area contributed by atoms with Gasteiger partial charge in [0.15, 0.2) is 23.0 Å². The van der Waals surface area contributed by atoms with Crippen LogP contribution in [-0.4, -0.2) is 32.4 Å². The summed E-state index contributed by atoms with van der Waals surface area (Å²) in [5.74, 6) is 1.92. The van der Waals surface area contributed by atoms with E-state index in [1.54, 1.807) is 37.4 Å². The minimum atomic E-state index is -0.362. The normalized spacial score (nSPS) is 10.7. The van der Waals surface area contributed by atoms with Crippen LogP contribution in [0.2, 0.25) is 5.02 Å². The van der Waals surface area contributed by atoms with E-state index in [4.69, 9.17) is 30.5 Å². The van der Waals surface area contributed by atoms with Crippen molar-refractivity contribution < 1.29 is 23.7 Å². The van der Waals surface area contributed by atoms with Crippen molar-refractivity contribution in [3.05, 3.63) is 82.4 Å². The lowest BCUT2D eigenvalue weighted by atomic mass is 10.2. The van der Waals surface area contributed by atoms with Crippen molar-refractivity contribution in [3.8, 4) is 23.0 Å². The number of halogens is 1. The summed E-state index contributed by atoms with van der Waals surface area (Å²) in [6.45, 7) is 5.32. The Morgan fingerprint density at radius 3 is 2.37 bits per heavy atom. The molecule has 0 radical (unpaired) electrons. The van der Waals surface area contributed by atoms with Gasteiger partial charge >= 0.3 is 0 Å². The van der Waals surface area contributed by atoms with Crippen LogP contribution in [0.5, 0.6) is 23.0 Å². The van der Waals surface area contributed by atoms with Crippen molar-refractivity contribution in [2.24, 2.45) is 5.10 Å². The lowest BCUT2D eigenvalue weighted by molar-refractivity contribution is 0.0954. The summed E-state index contributed by atoms with van der Waals surface area (Å²) >= 11 is 5.92. The highest BCUT2D eigenvalue weighted by Gasteiger charge is 2.11. The van der Waals surface area contributed by atoms with E-state index in [1.165, 1.54) is 6.21 Å². The van der Waals surface area contributed by atoms with Gasteiger partial charge in [-0.15, -0.1) is 0 Å². The van der Waals surface area contributed by atoms with Gasteiger partial charge in [0, 0.05) is 10.6 Å². The summed E-state index contributed by atoms with van der Waals surface area (Å²) in [4.78, 5) is 12.6. The quantitative estimate of drug-likeness (QED) is 0.250. The Labute approximate surface area is 210 Å². The minimum absolute atomic E-state index is 0.362. The molecule has 0 fully saturated rings. The summed E-state index contributed by atoms with van der Waals surface area (Å²) in [7, 11) is 1.57. The van der Waals surface area contributed by atoms with Crippen molar-refractivity contribution in [3.63, 3.8) is 0 Å². The molecule has 0 spiro atoms. The Bertz CT molecular complexity index is 1150. The number of nitrogens with zero attached hydrogens (tertiary/aromatic N) is 1. The van der Waals surface area contributed by atoms with Crippen molar-refractivity contribution in [2.75, 3.05) is 20.3 Å². The van der Waals surface area contributed by atoms with Gasteiger partial charge in [0.05, 0.1) is 26.5 Å². The average molecular weight is 497 g/mol. The summed E-state index contributed by atoms with van der Waals surface area (Å²) in [5, 5.41) is 4.74. The van der Waals surface area contributed by atoms with Gasteiger partial charge in [-0.1, -0.05) is 30.7 Å². The molecule has 0 heterocycles. The van der Waals surface area contributed by atoms with Crippen molar-refractivity contribution in [1.29, 1.82) is 0 Å². The number of amides is 1. The van der Waals surface area contributed by atoms with E-state index in [0.29, 0.717) is 53.4 Å². The number of hydrazone groups is 1. The maximum absolute atomic E-state index is 12.6. The number of benzene rings is 3. The highest BCUT2D eigenvalue weighted by molar-refractivity contribution is 6.30. The van der Waals surface area contributed by atoms with Crippen LogP contribution in [0.1, 0.15) is 41.8 Å². The average Bonchev–Trinajstić information content (AvgIpc) is 2.88. The zero-order chi connectivity index (χ0) is 25.0. The van der Waals surface area contributed by atoms with Crippen LogP contribution in [0.4, 0.5) is 0 Å². The van der Waals surface area contributed by atoms with E-state index in [1.807, 2.05) is 44.2 Å². The van der Waals surface area contributed by atoms with Crippen molar-refractivity contribution in [2.45, 2.75) is 26.9 Å². The summed E-state index contributed by atoms with van der Waals surface area (Å²) in [6.07, 6.45) is 2.41. The topological polar surface area (TPSA) is 78.4 Å². The molecule has 0 aliphatic carbocycles. The fourth-order valence-electron chi connectivity index (χ4n) is 3.10. The van der Waals surface area contributed by atoms with Gasteiger partial charge in [0.25, 0.3) is 5.91 Å². The van der Waals surface area contributed by atoms with Gasteiger partial charge in [-0.25, -0.2) is 5.43 Å². The van der Waals surface area contributed by atoms with Gasteiger partial charge in [0.1, 0.15) is 6.61 Å². The van der Waals surface area contributed by atoms with Crippen LogP contribution in [0.15, 0.2) is 65.8 Å². The van der Waals surface area contributed by atoms with Gasteiger partial charge in [-0.2, -0.15) is 5.10 Å². The predicted molar refractivity (Wildman–Crippen MR) is 137 cm³/mol. The van der Waals surface area contributed by atoms with Gasteiger partial charge < -0.3 is 18.9 Å². The molecule has 0 atom stereocenters. The summed E-state index contributed by atoms with van der Waals surface area (Å²) in [5.41, 5.74) is 4.67. The molecule has 7 nitrogen and oxygen atoms in total. The number of methoxy groups -OCH3 is 1. The fraction of sp³-hybridized carbons (Fsp3) is 0.259. The van der Waals surface area contributed by atoms with E-state index in [-0.39, 0.29) is 5.91 Å². The van der Waals surface area contributed by atoms with Gasteiger partial charge in [-0.3, -0.25) is 4.79 Å². The molecule has 0 bridgehead atoms. The SMILES string of the molecule is CCCOc1ccc(C(=O)N/N=C/c2ccc(OCc3ccc(Cl)cc3)c(OC)c2)cc1OCC. The third kappa shape index (κ3) is 7.65. The van der Waals surface area contributed by atoms with Gasteiger partial charge in [-0.05, 0) is 73.0 Å². The largest absolute Gasteiger partial charge is 0.493 e. The Hall–Kier alpha value is -3.71. The van der Waals surface area contributed by atoms with Crippen LogP contribution in [0.25, 0.3) is 0 Å². The molecule has 0 saturated carbocycles. The molecule has 3 aromatic rings. The monoisotopic (exact) mass is 496 g/mol. The molecule has 0 aromatic heterocycles. The zero-order valence-corrected chi connectivity index (χ0v) is 20.8. The fourth-order valence-corrected chi connectivity index (χ4v) is 3.23. The number of hydrogen-bond donors (Lipinski definition) is 1. The lowest BCUT2D eigenvalue weighted by Crippen LogP contribution is -2.17. The number of hydrogen-bond acceptors (Lipinski definition) is 6. The maximum Gasteiger partial charge on any atom is 0.271 e. The first kappa shape index (κ1) is 25.9. The van der Waals surface area contributed by atoms with Crippen LogP contribution < -0.4 is 24.4 Å². The highest BCUT2D eigenvalue weighted by Crippen LogP contribution is 2.29. The Morgan fingerprint density at radius 2 is 1.66 bits per heavy atom. The molecule has 0 aliphatic rings. The first-order valence-electron chi connectivity index (χ1n) is 11.3. The molecule has 1 amide bonds. The minimum Gasteiger partial charge on any atom is -0.493 e. The van der Waals surface area contributed by atoms with Crippen LogP contribution in [0.3, 0.4) is 0 Å². The smallest absolute Gasteiger partial charge is 0.271 e. The first-order valence-corrected chi connectivity index (χ1v) is 11.7. The van der Waals surface area contributed by atoms with E-state index in [2.05, 4.69) is 10.5 Å². The predicted octanol–water partition coefficient (Wildman–Crippen LogP) is 5.88. The van der Waals surface area contributed by atoms with Crippen molar-refractivity contribution in [1.82, 2.24) is 5.43 Å². The number of carbonyl (C=O) groups excluding carboxylic acids is 1. The lowest BCUT2D eigenvalue weighted by Gasteiger charge is -2.12. The van der Waals surface area contributed by atoms with E-state index < -0.39 is 0 Å². The molecule has 0 saturated heterocycles. The van der Waals surface area contributed by atoms with E-state index in [0.717, 1.165) is 17.5 Å². The third-order valence-corrected chi connectivity index (χ3v) is 5.09. The highest BCUT2D eigenvalue weighted by atomic mass is 35.5. The van der Waals surface area contributed by atoms with Crippen molar-refractivity contribution >= 4 is 23.7 Å². The number of ether oxygens (including phenoxy) is 4. The molecule has 184 valence electrons. The molecular weight excluding hydrogens is 468 g/mol. The molecule has 8 heteroatoms. The van der Waals surface area contributed by atoms with E-state index >= 15 is 0 Å². The summed E-state index contributed by atoms with van der Waals surface area (Å²) < 4.78 is 22.6. The standard InChI is InChI=1S/C27H29ClN2O5/c1-4-14-34-24-13-9-21(16-26(24)33-5-2)27(31)30-29-17-20-8-12-23(25(15-20)32-3)35-18-19-6-10-22(28)11-7-19/h6-13,15-17H,4-5,14,18H2,1-3H3,(H,30,31)/b29-17+. The first-order chi connectivity index (χ1) is 17.0. The molecule has 3 aromatic carbocycles. The molecule has 3 rings (SSSR count). The Kier molecular flexibility index (Phi) is 9.80. The maximum atomic E-state index is 12.6. The molecule has 0 aliphatic heterocycles. The molecular formula is C27H29ClN2O5. The Morgan fingerprint density at radius 1 is 0.914 bits per heavy atom. The molecule has 0 unspecified atom stereocenters. The van der Waals surface area contributed by atoms with Gasteiger partial charge in [0.2, 0.25) is 0 Å².